The van der Waals surface area contributed by atoms with E-state index >= 15 is 0 Å². The molecule has 1 saturated carbocycles. The summed E-state index contributed by atoms with van der Waals surface area (Å²) in [5, 5.41) is 0. The molecule has 0 radical (unpaired) electrons. The van der Waals surface area contributed by atoms with E-state index in [-0.39, 0.29) is 0 Å². The molecule has 0 N–H and O–H groups in total. The van der Waals surface area contributed by atoms with Crippen molar-refractivity contribution in [1.29, 1.82) is 0 Å². The van der Waals surface area contributed by atoms with Crippen LogP contribution in [0.2, 0.25) is 0 Å². The summed E-state index contributed by atoms with van der Waals surface area (Å²) in [5.74, 6) is 0.855. The van der Waals surface area contributed by atoms with Crippen LogP contribution in [-0.2, 0) is 4.74 Å². The molecule has 0 aromatic heterocycles. The minimum absolute atomic E-state index is 0.855. The molecule has 0 unspecified atom stereocenters. The van der Waals surface area contributed by atoms with Gasteiger partial charge in [0.1, 0.15) is 0 Å². The molecular weight excluding hydrogens is 148 g/mol. The Bertz CT molecular complexity index is 91.2. The molecule has 0 aromatic carbocycles. The van der Waals surface area contributed by atoms with E-state index in [1.54, 1.807) is 0 Å². The molecule has 1 rings (SSSR count). The smallest absolute Gasteiger partial charge is 0.0490 e. The summed E-state index contributed by atoms with van der Waals surface area (Å²) >= 11 is 0. The highest BCUT2D eigenvalue weighted by atomic mass is 16.5. The first-order valence-electron chi connectivity index (χ1n) is 5.42. The van der Waals surface area contributed by atoms with Crippen LogP contribution < -0.4 is 0 Å². The standard InChI is InChI=1S/C11H22O/c1-12-10-11-8-6-4-2-3-5-7-9-11/h11H,2-10H2,1H3. The normalized spacial score (nSPS) is 22.8. The number of methoxy groups -OCH3 is 1. The van der Waals surface area contributed by atoms with Gasteiger partial charge in [-0.1, -0.05) is 38.5 Å². The topological polar surface area (TPSA) is 9.23 Å². The third-order valence-electron chi connectivity index (χ3n) is 2.88. The summed E-state index contributed by atoms with van der Waals surface area (Å²) < 4.78 is 5.22. The Morgan fingerprint density at radius 2 is 1.42 bits per heavy atom. The molecule has 0 atom stereocenters. The molecule has 0 aliphatic heterocycles. The first-order chi connectivity index (χ1) is 5.93. The van der Waals surface area contributed by atoms with Gasteiger partial charge in [-0.05, 0) is 18.8 Å². The lowest BCUT2D eigenvalue weighted by Crippen LogP contribution is -2.07. The van der Waals surface area contributed by atoms with Gasteiger partial charge in [0.05, 0.1) is 0 Å². The molecule has 1 aliphatic carbocycles. The highest BCUT2D eigenvalue weighted by Gasteiger charge is 2.09. The van der Waals surface area contributed by atoms with Crippen molar-refractivity contribution in [3.05, 3.63) is 0 Å². The zero-order valence-corrected chi connectivity index (χ0v) is 8.35. The van der Waals surface area contributed by atoms with Crippen molar-refractivity contribution >= 4 is 0 Å². The minimum Gasteiger partial charge on any atom is -0.384 e. The molecule has 1 fully saturated rings. The van der Waals surface area contributed by atoms with Crippen LogP contribution in [0.4, 0.5) is 0 Å². The number of hydrogen-bond acceptors (Lipinski definition) is 1. The van der Waals surface area contributed by atoms with Crippen molar-refractivity contribution in [3.63, 3.8) is 0 Å². The molecule has 1 aliphatic rings. The molecule has 0 amide bonds. The average molecular weight is 170 g/mol. The summed E-state index contributed by atoms with van der Waals surface area (Å²) in [7, 11) is 1.83. The molecule has 1 heteroatoms. The Labute approximate surface area is 76.5 Å². The predicted octanol–water partition coefficient (Wildman–Crippen LogP) is 3.38. The van der Waals surface area contributed by atoms with Gasteiger partial charge >= 0.3 is 0 Å². The summed E-state index contributed by atoms with van der Waals surface area (Å²) in [4.78, 5) is 0. The lowest BCUT2D eigenvalue weighted by atomic mass is 9.98. The number of hydrogen-bond donors (Lipinski definition) is 0. The van der Waals surface area contributed by atoms with Crippen molar-refractivity contribution in [3.8, 4) is 0 Å². The van der Waals surface area contributed by atoms with Crippen molar-refractivity contribution < 1.29 is 4.74 Å². The van der Waals surface area contributed by atoms with Crippen molar-refractivity contribution in [2.75, 3.05) is 13.7 Å². The third kappa shape index (κ3) is 4.10. The van der Waals surface area contributed by atoms with Crippen LogP contribution in [-0.4, -0.2) is 13.7 Å². The fraction of sp³-hybridized carbons (Fsp3) is 1.00. The van der Waals surface area contributed by atoms with Crippen LogP contribution in [0.25, 0.3) is 0 Å². The molecule has 0 spiro atoms. The zero-order chi connectivity index (χ0) is 8.65. The van der Waals surface area contributed by atoms with Gasteiger partial charge in [-0.15, -0.1) is 0 Å². The highest BCUT2D eigenvalue weighted by Crippen LogP contribution is 2.21. The molecule has 12 heavy (non-hydrogen) atoms. The van der Waals surface area contributed by atoms with Gasteiger partial charge < -0.3 is 4.74 Å². The Kier molecular flexibility index (Phi) is 5.42. The van der Waals surface area contributed by atoms with E-state index in [0.29, 0.717) is 0 Å². The van der Waals surface area contributed by atoms with Gasteiger partial charge in [0.25, 0.3) is 0 Å². The second kappa shape index (κ2) is 6.47. The SMILES string of the molecule is COCC1CCCCCCCC1. The van der Waals surface area contributed by atoms with Gasteiger partial charge in [-0.25, -0.2) is 0 Å². The summed E-state index contributed by atoms with van der Waals surface area (Å²) in [6.07, 6.45) is 11.4. The Morgan fingerprint density at radius 1 is 0.917 bits per heavy atom. The number of rotatable bonds is 2. The monoisotopic (exact) mass is 170 g/mol. The van der Waals surface area contributed by atoms with Crippen LogP contribution in [0.15, 0.2) is 0 Å². The maximum absolute atomic E-state index is 5.22. The van der Waals surface area contributed by atoms with E-state index in [2.05, 4.69) is 0 Å². The molecule has 0 aromatic rings. The molecule has 72 valence electrons. The van der Waals surface area contributed by atoms with Crippen LogP contribution in [0.5, 0.6) is 0 Å². The largest absolute Gasteiger partial charge is 0.384 e. The first kappa shape index (κ1) is 10.0. The van der Waals surface area contributed by atoms with Crippen LogP contribution in [0.3, 0.4) is 0 Å². The predicted molar refractivity (Wildman–Crippen MR) is 52.3 cm³/mol. The Balaban J connectivity index is 2.19. The Hall–Kier alpha value is -0.0400. The molecule has 0 saturated heterocycles. The van der Waals surface area contributed by atoms with Crippen molar-refractivity contribution in [1.82, 2.24) is 0 Å². The Morgan fingerprint density at radius 3 is 1.92 bits per heavy atom. The molecular formula is C11H22O. The summed E-state index contributed by atoms with van der Waals surface area (Å²) in [6.45, 7) is 0.986. The van der Waals surface area contributed by atoms with Gasteiger partial charge in [-0.3, -0.25) is 0 Å². The lowest BCUT2D eigenvalue weighted by Gasteiger charge is -2.13. The molecule has 1 nitrogen and oxygen atoms in total. The van der Waals surface area contributed by atoms with E-state index < -0.39 is 0 Å². The van der Waals surface area contributed by atoms with E-state index in [9.17, 15) is 0 Å². The molecule has 0 heterocycles. The van der Waals surface area contributed by atoms with Crippen LogP contribution >= 0.6 is 0 Å². The molecule has 0 bridgehead atoms. The lowest BCUT2D eigenvalue weighted by molar-refractivity contribution is 0.141. The van der Waals surface area contributed by atoms with Crippen molar-refractivity contribution in [2.45, 2.75) is 51.4 Å². The average Bonchev–Trinajstić information content (AvgIpc) is 2.19. The van der Waals surface area contributed by atoms with Crippen LogP contribution in [0.1, 0.15) is 51.4 Å². The van der Waals surface area contributed by atoms with E-state index in [1.165, 1.54) is 51.4 Å². The van der Waals surface area contributed by atoms with Crippen LogP contribution in [0, 0.1) is 5.92 Å². The van der Waals surface area contributed by atoms with E-state index in [0.717, 1.165) is 12.5 Å². The van der Waals surface area contributed by atoms with Gasteiger partial charge in [-0.2, -0.15) is 0 Å². The highest BCUT2D eigenvalue weighted by molar-refractivity contribution is 4.62. The number of ether oxygens (including phenoxy) is 1. The van der Waals surface area contributed by atoms with E-state index in [4.69, 9.17) is 4.74 Å². The van der Waals surface area contributed by atoms with Gasteiger partial charge in [0, 0.05) is 13.7 Å². The summed E-state index contributed by atoms with van der Waals surface area (Å²) in [5.41, 5.74) is 0. The minimum atomic E-state index is 0.855. The maximum atomic E-state index is 5.22. The second-order valence-electron chi connectivity index (χ2n) is 4.02. The quantitative estimate of drug-likeness (QED) is 0.617. The van der Waals surface area contributed by atoms with E-state index in [1.807, 2.05) is 7.11 Å². The third-order valence-corrected chi connectivity index (χ3v) is 2.88. The maximum Gasteiger partial charge on any atom is 0.0490 e. The fourth-order valence-corrected chi connectivity index (χ4v) is 2.12. The van der Waals surface area contributed by atoms with Crippen molar-refractivity contribution in [2.24, 2.45) is 5.92 Å². The first-order valence-corrected chi connectivity index (χ1v) is 5.42. The van der Waals surface area contributed by atoms with Gasteiger partial charge in [0.15, 0.2) is 0 Å². The fourth-order valence-electron chi connectivity index (χ4n) is 2.12. The second-order valence-corrected chi connectivity index (χ2v) is 4.02. The van der Waals surface area contributed by atoms with Gasteiger partial charge in [0.2, 0.25) is 0 Å². The summed E-state index contributed by atoms with van der Waals surface area (Å²) in [6, 6.07) is 0. The zero-order valence-electron chi connectivity index (χ0n) is 8.35.